The van der Waals surface area contributed by atoms with Gasteiger partial charge in [-0.2, -0.15) is 0 Å². The van der Waals surface area contributed by atoms with Crippen LogP contribution in [0.25, 0.3) is 0 Å². The van der Waals surface area contributed by atoms with Gasteiger partial charge < -0.3 is 5.32 Å². The molecule has 0 heterocycles. The lowest BCUT2D eigenvalue weighted by Crippen LogP contribution is -2.16. The number of hydrogen-bond donors (Lipinski definition) is 2. The molecule has 1 atom stereocenters. The third-order valence-electron chi connectivity index (χ3n) is 4.35. The van der Waals surface area contributed by atoms with Gasteiger partial charge in [0.25, 0.3) is 10.0 Å². The Morgan fingerprint density at radius 2 is 2.04 bits per heavy atom. The van der Waals surface area contributed by atoms with Crippen LogP contribution in [0.4, 0.5) is 11.4 Å². The number of nitrogens with one attached hydrogen (secondary N) is 2. The van der Waals surface area contributed by atoms with Crippen LogP contribution in [0.2, 0.25) is 0 Å². The van der Waals surface area contributed by atoms with E-state index < -0.39 is 10.0 Å². The molecule has 1 amide bonds. The number of halogens is 1. The molecule has 0 fully saturated rings. The Labute approximate surface area is 173 Å². The van der Waals surface area contributed by atoms with Crippen molar-refractivity contribution in [3.8, 4) is 0 Å². The molecule has 7 heteroatoms. The summed E-state index contributed by atoms with van der Waals surface area (Å²) < 4.78 is 28.9. The van der Waals surface area contributed by atoms with Crippen molar-refractivity contribution in [2.75, 3.05) is 10.0 Å². The fraction of sp³-hybridized carbons (Fsp3) is 0.250. The van der Waals surface area contributed by atoms with E-state index in [0.717, 1.165) is 22.0 Å². The number of anilines is 2. The van der Waals surface area contributed by atoms with Gasteiger partial charge in [-0.1, -0.05) is 24.3 Å². The van der Waals surface area contributed by atoms with Crippen LogP contribution in [-0.4, -0.2) is 14.3 Å². The summed E-state index contributed by atoms with van der Waals surface area (Å²) in [5, 5.41) is 2.80. The zero-order valence-electron chi connectivity index (χ0n) is 14.9. The Morgan fingerprint density at radius 3 is 2.78 bits per heavy atom. The van der Waals surface area contributed by atoms with Gasteiger partial charge in [0.2, 0.25) is 5.91 Å². The molecule has 5 nitrogen and oxygen atoms in total. The van der Waals surface area contributed by atoms with E-state index in [0.29, 0.717) is 17.8 Å². The fourth-order valence-electron chi connectivity index (χ4n) is 2.98. The molecule has 0 saturated carbocycles. The molecule has 0 radical (unpaired) electrons. The molecule has 0 saturated heterocycles. The van der Waals surface area contributed by atoms with Crippen LogP contribution in [0.15, 0.2) is 59.5 Å². The molecule has 142 valence electrons. The molecule has 1 unspecified atom stereocenters. The van der Waals surface area contributed by atoms with Crippen LogP contribution >= 0.6 is 22.6 Å². The Bertz CT molecular complexity index is 986. The average Bonchev–Trinajstić information content (AvgIpc) is 3.11. The van der Waals surface area contributed by atoms with Gasteiger partial charge in [-0.25, -0.2) is 8.42 Å². The van der Waals surface area contributed by atoms with Crippen molar-refractivity contribution < 1.29 is 13.2 Å². The van der Waals surface area contributed by atoms with Crippen LogP contribution in [0, 0.1) is 16.4 Å². The number of hydrogen-bond acceptors (Lipinski definition) is 3. The minimum absolute atomic E-state index is 0.109. The molecule has 2 N–H and O–H groups in total. The van der Waals surface area contributed by atoms with Crippen LogP contribution in [0.3, 0.4) is 0 Å². The summed E-state index contributed by atoms with van der Waals surface area (Å²) in [6, 6.07) is 11.9. The first-order valence-corrected chi connectivity index (χ1v) is 11.3. The van der Waals surface area contributed by atoms with E-state index in [4.69, 9.17) is 0 Å². The fourth-order valence-corrected chi connectivity index (χ4v) is 4.75. The number of rotatable bonds is 6. The van der Waals surface area contributed by atoms with Crippen molar-refractivity contribution in [1.82, 2.24) is 0 Å². The van der Waals surface area contributed by atoms with Crippen LogP contribution in [0.1, 0.15) is 24.8 Å². The highest BCUT2D eigenvalue weighted by Gasteiger charge is 2.18. The third kappa shape index (κ3) is 5.32. The van der Waals surface area contributed by atoms with E-state index >= 15 is 0 Å². The highest BCUT2D eigenvalue weighted by Crippen LogP contribution is 2.25. The van der Waals surface area contributed by atoms with E-state index in [1.54, 1.807) is 18.2 Å². The summed E-state index contributed by atoms with van der Waals surface area (Å²) in [6.07, 6.45) is 6.56. The molecular formula is C20H21IN2O3S. The number of benzene rings is 2. The van der Waals surface area contributed by atoms with Gasteiger partial charge in [0.05, 0.1) is 10.6 Å². The van der Waals surface area contributed by atoms with Gasteiger partial charge in [-0.3, -0.25) is 9.52 Å². The minimum atomic E-state index is -3.75. The maximum Gasteiger partial charge on any atom is 0.262 e. The molecule has 3 rings (SSSR count). The standard InChI is InChI=1S/C20H21IN2O3S/c1-14-9-10-18(21)19(11-14)23-27(25,26)17-8-4-7-16(13-17)22-20(24)12-15-5-2-3-6-15/h2,4-5,7-11,13,15,23H,3,6,12H2,1H3,(H,22,24). The maximum atomic E-state index is 12.7. The summed E-state index contributed by atoms with van der Waals surface area (Å²) >= 11 is 2.09. The summed E-state index contributed by atoms with van der Waals surface area (Å²) in [6.45, 7) is 1.91. The summed E-state index contributed by atoms with van der Waals surface area (Å²) in [5.74, 6) is 0.157. The Hall–Kier alpha value is -1.87. The monoisotopic (exact) mass is 496 g/mol. The lowest BCUT2D eigenvalue weighted by Gasteiger charge is -2.12. The first-order valence-electron chi connectivity index (χ1n) is 8.69. The predicted octanol–water partition coefficient (Wildman–Crippen LogP) is 4.70. The Morgan fingerprint density at radius 1 is 1.22 bits per heavy atom. The van der Waals surface area contributed by atoms with E-state index in [1.165, 1.54) is 12.1 Å². The third-order valence-corrected chi connectivity index (χ3v) is 6.66. The van der Waals surface area contributed by atoms with Gasteiger partial charge >= 0.3 is 0 Å². The lowest BCUT2D eigenvalue weighted by atomic mass is 10.1. The van der Waals surface area contributed by atoms with Crippen LogP contribution in [-0.2, 0) is 14.8 Å². The Kier molecular flexibility index (Phi) is 6.21. The second-order valence-corrected chi connectivity index (χ2v) is 9.48. The second kappa shape index (κ2) is 8.43. The van der Waals surface area contributed by atoms with Crippen molar-refractivity contribution in [3.05, 3.63) is 63.8 Å². The Balaban J connectivity index is 1.74. The number of allylic oxidation sites excluding steroid dienone is 2. The van der Waals surface area contributed by atoms with Gasteiger partial charge in [-0.15, -0.1) is 0 Å². The average molecular weight is 496 g/mol. The van der Waals surface area contributed by atoms with Crippen molar-refractivity contribution in [3.63, 3.8) is 0 Å². The molecular weight excluding hydrogens is 475 g/mol. The van der Waals surface area contributed by atoms with Gasteiger partial charge in [0, 0.05) is 15.7 Å². The zero-order chi connectivity index (χ0) is 19.4. The molecule has 2 aromatic rings. The summed E-state index contributed by atoms with van der Waals surface area (Å²) in [7, 11) is -3.75. The maximum absolute atomic E-state index is 12.7. The first kappa shape index (κ1) is 19.9. The molecule has 0 spiro atoms. The summed E-state index contributed by atoms with van der Waals surface area (Å²) in [4.78, 5) is 12.3. The summed E-state index contributed by atoms with van der Waals surface area (Å²) in [5.41, 5.74) is 1.98. The lowest BCUT2D eigenvalue weighted by molar-refractivity contribution is -0.116. The molecule has 0 aromatic heterocycles. The SMILES string of the molecule is Cc1ccc(I)c(NS(=O)(=O)c2cccc(NC(=O)CC3C=CCC3)c2)c1. The zero-order valence-corrected chi connectivity index (χ0v) is 17.9. The molecule has 27 heavy (non-hydrogen) atoms. The van der Waals surface area contributed by atoms with Gasteiger partial charge in [0.1, 0.15) is 0 Å². The molecule has 0 aliphatic heterocycles. The predicted molar refractivity (Wildman–Crippen MR) is 116 cm³/mol. The molecule has 1 aliphatic carbocycles. The number of carbonyl (C=O) groups excluding carboxylic acids is 1. The highest BCUT2D eigenvalue weighted by atomic mass is 127. The number of amides is 1. The van der Waals surface area contributed by atoms with Crippen LogP contribution in [0.5, 0.6) is 0 Å². The van der Waals surface area contributed by atoms with Crippen molar-refractivity contribution in [2.24, 2.45) is 5.92 Å². The van der Waals surface area contributed by atoms with Crippen molar-refractivity contribution in [1.29, 1.82) is 0 Å². The van der Waals surface area contributed by atoms with E-state index in [1.807, 2.05) is 19.1 Å². The highest BCUT2D eigenvalue weighted by molar-refractivity contribution is 14.1. The molecule has 2 aromatic carbocycles. The number of aryl methyl sites for hydroxylation is 1. The van der Waals surface area contributed by atoms with Crippen molar-refractivity contribution in [2.45, 2.75) is 31.1 Å². The van der Waals surface area contributed by atoms with E-state index in [-0.39, 0.29) is 16.7 Å². The second-order valence-electron chi connectivity index (χ2n) is 6.63. The topological polar surface area (TPSA) is 75.3 Å². The normalized spacial score (nSPS) is 16.3. The van der Waals surface area contributed by atoms with E-state index in [2.05, 4.69) is 44.8 Å². The number of sulfonamides is 1. The first-order chi connectivity index (χ1) is 12.8. The van der Waals surface area contributed by atoms with Gasteiger partial charge in [-0.05, 0) is 84.2 Å². The smallest absolute Gasteiger partial charge is 0.262 e. The number of carbonyl (C=O) groups is 1. The van der Waals surface area contributed by atoms with Crippen LogP contribution < -0.4 is 10.0 Å². The largest absolute Gasteiger partial charge is 0.326 e. The van der Waals surface area contributed by atoms with Gasteiger partial charge in [0.15, 0.2) is 0 Å². The van der Waals surface area contributed by atoms with Crippen molar-refractivity contribution >= 4 is 49.9 Å². The van der Waals surface area contributed by atoms with E-state index in [9.17, 15) is 13.2 Å². The quantitative estimate of drug-likeness (QED) is 0.450. The molecule has 1 aliphatic rings. The minimum Gasteiger partial charge on any atom is -0.326 e. The molecule has 0 bridgehead atoms.